The smallest absolute Gasteiger partial charge is 0.303 e. The van der Waals surface area contributed by atoms with Gasteiger partial charge in [-0.15, -0.1) is 0 Å². The first-order valence-corrected chi connectivity index (χ1v) is 16.5. The van der Waals surface area contributed by atoms with Gasteiger partial charge in [-0.2, -0.15) is 0 Å². The first-order chi connectivity index (χ1) is 22.5. The molecule has 10 heteroatoms. The van der Waals surface area contributed by atoms with Crippen molar-refractivity contribution in [3.05, 3.63) is 114 Å². The summed E-state index contributed by atoms with van der Waals surface area (Å²) in [7, 11) is 0. The zero-order valence-electron chi connectivity index (χ0n) is 25.6. The van der Waals surface area contributed by atoms with Gasteiger partial charge in [0, 0.05) is 49.5 Å². The van der Waals surface area contributed by atoms with Crippen LogP contribution >= 0.6 is 11.8 Å². The number of ether oxygens (including phenoxy) is 2. The van der Waals surface area contributed by atoms with Crippen LogP contribution in [0.2, 0.25) is 0 Å². The number of carboxylic acid groups (broad SMARTS) is 1. The molecule has 240 valence electrons. The third kappa shape index (κ3) is 9.95. The minimum Gasteiger partial charge on any atom is -0.481 e. The lowest BCUT2D eigenvalue weighted by molar-refractivity contribution is -0.245. The average Bonchev–Trinajstić information content (AvgIpc) is 3.10. The number of unbranched alkanes of at least 4 members (excludes halogenated alkanes) is 2. The highest BCUT2D eigenvalue weighted by molar-refractivity contribution is 7.99. The highest BCUT2D eigenvalue weighted by Crippen LogP contribution is 2.40. The molecule has 4 aromatic rings. The number of thioether (sulfide) groups is 1. The van der Waals surface area contributed by atoms with E-state index in [2.05, 4.69) is 27.4 Å². The first-order valence-electron chi connectivity index (χ1n) is 15.5. The number of amides is 1. The van der Waals surface area contributed by atoms with Gasteiger partial charge in [0.15, 0.2) is 11.4 Å². The van der Waals surface area contributed by atoms with Crippen LogP contribution < -0.4 is 5.32 Å². The molecule has 0 bridgehead atoms. The largest absolute Gasteiger partial charge is 0.481 e. The van der Waals surface area contributed by atoms with Crippen LogP contribution in [-0.4, -0.2) is 43.9 Å². The molecular formula is C36H39N3O6S. The van der Waals surface area contributed by atoms with E-state index >= 15 is 0 Å². The predicted molar refractivity (Wildman–Crippen MR) is 176 cm³/mol. The number of benzene rings is 3. The molecule has 3 unspecified atom stereocenters. The number of aliphatic hydroxyl groups excluding tert-OH is 1. The fourth-order valence-electron chi connectivity index (χ4n) is 5.30. The Morgan fingerprint density at radius 2 is 1.57 bits per heavy atom. The highest BCUT2D eigenvalue weighted by atomic mass is 32.2. The maximum atomic E-state index is 12.3. The van der Waals surface area contributed by atoms with E-state index in [0.29, 0.717) is 43.1 Å². The number of aliphatic carboxylic acids is 1. The molecule has 3 aromatic carbocycles. The lowest BCUT2D eigenvalue weighted by Crippen LogP contribution is -2.31. The topological polar surface area (TPSA) is 131 Å². The highest BCUT2D eigenvalue weighted by Gasteiger charge is 2.32. The lowest BCUT2D eigenvalue weighted by Gasteiger charge is -2.36. The minimum atomic E-state index is -0.805. The molecule has 1 aliphatic heterocycles. The zero-order chi connectivity index (χ0) is 32.1. The standard InChI is InChI=1S/C36H39N3O6S/c40-23-25-13-15-27(16-14-25)32-21-31(24-46-36-37-17-6-18-38-36)44-35(45-32)30-10-5-9-29(20-30)28-8-4-7-26(19-28)22-39-33(41)11-2-1-3-12-34(42)43/h4-10,13-20,31-32,35,40H,1-3,11-12,21-24H2,(H,39,41)(H,42,43). The van der Waals surface area contributed by atoms with Crippen LogP contribution in [0.3, 0.4) is 0 Å². The van der Waals surface area contributed by atoms with Crippen LogP contribution in [0.4, 0.5) is 0 Å². The van der Waals surface area contributed by atoms with Gasteiger partial charge in [-0.3, -0.25) is 9.59 Å². The second-order valence-electron chi connectivity index (χ2n) is 11.2. The van der Waals surface area contributed by atoms with Crippen LogP contribution in [0.25, 0.3) is 11.1 Å². The first kappa shape index (κ1) is 33.3. The van der Waals surface area contributed by atoms with E-state index in [0.717, 1.165) is 39.8 Å². The summed E-state index contributed by atoms with van der Waals surface area (Å²) in [6, 6.07) is 25.9. The number of rotatable bonds is 15. The van der Waals surface area contributed by atoms with Gasteiger partial charge in [0.05, 0.1) is 18.8 Å². The van der Waals surface area contributed by atoms with Gasteiger partial charge in [0.25, 0.3) is 0 Å². The third-order valence-corrected chi connectivity index (χ3v) is 8.77. The van der Waals surface area contributed by atoms with Crippen LogP contribution in [0, 0.1) is 0 Å². The summed E-state index contributed by atoms with van der Waals surface area (Å²) in [4.78, 5) is 31.7. The number of aliphatic hydroxyl groups is 1. The minimum absolute atomic E-state index is 0.00950. The van der Waals surface area contributed by atoms with Gasteiger partial charge in [0.1, 0.15) is 0 Å². The summed E-state index contributed by atoms with van der Waals surface area (Å²) >= 11 is 1.56. The van der Waals surface area contributed by atoms with Gasteiger partial charge >= 0.3 is 5.97 Å². The van der Waals surface area contributed by atoms with Crippen LogP contribution in [-0.2, 0) is 32.2 Å². The van der Waals surface area contributed by atoms with Crippen molar-refractivity contribution in [3.63, 3.8) is 0 Å². The summed E-state index contributed by atoms with van der Waals surface area (Å²) in [6.07, 6.45) is 5.74. The molecule has 1 amide bonds. The van der Waals surface area contributed by atoms with E-state index in [1.807, 2.05) is 60.7 Å². The summed E-state index contributed by atoms with van der Waals surface area (Å²) in [6.45, 7) is 0.405. The fraction of sp³-hybridized carbons (Fsp3) is 0.333. The van der Waals surface area contributed by atoms with E-state index in [1.54, 1.807) is 30.2 Å². The molecule has 5 rings (SSSR count). The van der Waals surface area contributed by atoms with E-state index in [9.17, 15) is 14.7 Å². The summed E-state index contributed by atoms with van der Waals surface area (Å²) in [5, 5.41) is 21.9. The Balaban J connectivity index is 1.26. The van der Waals surface area contributed by atoms with Gasteiger partial charge in [-0.1, -0.05) is 78.8 Å². The van der Waals surface area contributed by atoms with Gasteiger partial charge < -0.3 is 25.0 Å². The molecule has 46 heavy (non-hydrogen) atoms. The summed E-state index contributed by atoms with van der Waals surface area (Å²) in [5.41, 5.74) is 5.79. The van der Waals surface area contributed by atoms with Crippen molar-refractivity contribution in [2.75, 3.05) is 5.75 Å². The van der Waals surface area contributed by atoms with Gasteiger partial charge in [-0.25, -0.2) is 9.97 Å². The molecule has 0 radical (unpaired) electrons. The molecule has 1 aromatic heterocycles. The van der Waals surface area contributed by atoms with Crippen molar-refractivity contribution >= 4 is 23.6 Å². The maximum Gasteiger partial charge on any atom is 0.303 e. The van der Waals surface area contributed by atoms with Crippen LogP contribution in [0.15, 0.2) is 96.4 Å². The SMILES string of the molecule is O=C(O)CCCCCC(=O)NCc1cccc(-c2cccc(C3OC(CSc4ncccn4)CC(c4ccc(CO)cc4)O3)c2)c1. The summed E-state index contributed by atoms with van der Waals surface area (Å²) in [5.74, 6) is -0.174. The Morgan fingerprint density at radius 3 is 2.33 bits per heavy atom. The Morgan fingerprint density at radius 1 is 0.826 bits per heavy atom. The maximum absolute atomic E-state index is 12.3. The third-order valence-electron chi connectivity index (χ3n) is 7.76. The summed E-state index contributed by atoms with van der Waals surface area (Å²) < 4.78 is 13.1. The molecule has 1 saturated heterocycles. The van der Waals surface area contributed by atoms with E-state index < -0.39 is 12.3 Å². The molecule has 0 aliphatic carbocycles. The number of carboxylic acids is 1. The monoisotopic (exact) mass is 641 g/mol. The number of aromatic nitrogens is 2. The predicted octanol–water partition coefficient (Wildman–Crippen LogP) is 6.62. The number of hydrogen-bond donors (Lipinski definition) is 3. The molecule has 9 nitrogen and oxygen atoms in total. The van der Waals surface area contributed by atoms with Crippen molar-refractivity contribution in [2.45, 2.75) is 75.3 Å². The normalized spacial score (nSPS) is 17.8. The molecular weight excluding hydrogens is 602 g/mol. The van der Waals surface area contributed by atoms with E-state index in [4.69, 9.17) is 14.6 Å². The molecule has 3 atom stereocenters. The van der Waals surface area contributed by atoms with Crippen molar-refractivity contribution in [1.29, 1.82) is 0 Å². The van der Waals surface area contributed by atoms with E-state index in [-0.39, 0.29) is 31.1 Å². The Kier molecular flexibility index (Phi) is 12.3. The quantitative estimate of drug-likeness (QED) is 0.0744. The Labute approximate surface area is 273 Å². The van der Waals surface area contributed by atoms with Crippen molar-refractivity contribution < 1.29 is 29.3 Å². The second kappa shape index (κ2) is 17.0. The lowest BCUT2D eigenvalue weighted by atomic mass is 9.99. The van der Waals surface area contributed by atoms with E-state index in [1.165, 1.54) is 0 Å². The molecule has 2 heterocycles. The molecule has 1 fully saturated rings. The van der Waals surface area contributed by atoms with Crippen molar-refractivity contribution in [1.82, 2.24) is 15.3 Å². The van der Waals surface area contributed by atoms with Crippen LogP contribution in [0.1, 0.15) is 73.2 Å². The van der Waals surface area contributed by atoms with Crippen molar-refractivity contribution in [2.24, 2.45) is 0 Å². The Bertz CT molecular complexity index is 1570. The molecule has 3 N–H and O–H groups in total. The number of carbonyl (C=O) groups excluding carboxylic acids is 1. The van der Waals surface area contributed by atoms with Gasteiger partial charge in [-0.05, 0) is 58.9 Å². The zero-order valence-corrected chi connectivity index (χ0v) is 26.4. The number of nitrogens with zero attached hydrogens (tertiary/aromatic N) is 2. The number of nitrogens with one attached hydrogen (secondary N) is 1. The van der Waals surface area contributed by atoms with Crippen molar-refractivity contribution in [3.8, 4) is 11.1 Å². The number of carbonyl (C=O) groups is 2. The van der Waals surface area contributed by atoms with Crippen LogP contribution in [0.5, 0.6) is 0 Å². The second-order valence-corrected chi connectivity index (χ2v) is 12.2. The molecule has 0 saturated carbocycles. The Hall–Kier alpha value is -4.09. The van der Waals surface area contributed by atoms with Gasteiger partial charge in [0.2, 0.25) is 5.91 Å². The number of hydrogen-bond acceptors (Lipinski definition) is 8. The average molecular weight is 642 g/mol. The fourth-order valence-corrected chi connectivity index (χ4v) is 6.12. The molecule has 0 spiro atoms. The molecule has 1 aliphatic rings.